The summed E-state index contributed by atoms with van der Waals surface area (Å²) in [4.78, 5) is 40.3. The van der Waals surface area contributed by atoms with Crippen LogP contribution in [0.15, 0.2) is 35.1 Å². The number of nitrogens with zero attached hydrogens (tertiary/aromatic N) is 2. The van der Waals surface area contributed by atoms with Gasteiger partial charge < -0.3 is 23.7 Å². The highest BCUT2D eigenvalue weighted by Crippen LogP contribution is 2.54. The Morgan fingerprint density at radius 3 is 2.50 bits per heavy atom. The van der Waals surface area contributed by atoms with Crippen LogP contribution in [0.1, 0.15) is 22.8 Å². The maximum Gasteiger partial charge on any atom is 0.325 e. The van der Waals surface area contributed by atoms with Gasteiger partial charge in [0.1, 0.15) is 18.2 Å². The number of hydrogen-bond acceptors (Lipinski definition) is 9. The van der Waals surface area contributed by atoms with Crippen molar-refractivity contribution < 1.29 is 37.7 Å². The molecule has 36 heavy (non-hydrogen) atoms. The number of rotatable bonds is 6. The number of hydrogen-bond donors (Lipinski definition) is 0. The van der Waals surface area contributed by atoms with Gasteiger partial charge in [0.25, 0.3) is 0 Å². The van der Waals surface area contributed by atoms with E-state index in [-0.39, 0.29) is 24.9 Å². The summed E-state index contributed by atoms with van der Waals surface area (Å²) in [5.74, 6) is -0.483. The lowest BCUT2D eigenvalue weighted by Gasteiger charge is -2.33. The Hall–Kier alpha value is -4.06. The van der Waals surface area contributed by atoms with E-state index in [0.29, 0.717) is 39.1 Å². The molecule has 3 aromatic rings. The molecule has 0 N–H and O–H groups in total. The number of carbonyl (C=O) groups excluding carboxylic acids is 2. The van der Waals surface area contributed by atoms with E-state index in [4.69, 9.17) is 23.7 Å². The van der Waals surface area contributed by atoms with E-state index in [1.54, 1.807) is 6.07 Å². The number of methoxy groups -OCH3 is 3. The van der Waals surface area contributed by atoms with Crippen LogP contribution in [0, 0.1) is 5.82 Å². The van der Waals surface area contributed by atoms with Crippen molar-refractivity contribution in [2.75, 3.05) is 33.0 Å². The van der Waals surface area contributed by atoms with Gasteiger partial charge in [0.05, 0.1) is 31.9 Å². The highest BCUT2D eigenvalue weighted by molar-refractivity contribution is 7.10. The zero-order valence-electron chi connectivity index (χ0n) is 19.5. The molecular weight excluding hydrogens is 495 g/mol. The van der Waals surface area contributed by atoms with Gasteiger partial charge in [0.15, 0.2) is 11.5 Å². The van der Waals surface area contributed by atoms with E-state index in [1.807, 2.05) is 0 Å². The van der Waals surface area contributed by atoms with E-state index in [1.165, 1.54) is 55.1 Å². The molecule has 5 rings (SSSR count). The number of carbonyl (C=O) groups is 2. The van der Waals surface area contributed by atoms with Gasteiger partial charge in [-0.15, -0.1) is 0 Å². The average molecular weight is 517 g/mol. The fraction of sp³-hybridized carbons (Fsp3) is 0.292. The molecule has 2 aliphatic heterocycles. The molecule has 0 saturated carbocycles. The summed E-state index contributed by atoms with van der Waals surface area (Å²) >= 11 is 0.905. The lowest BCUT2D eigenvalue weighted by atomic mass is 9.89. The molecule has 0 unspecified atom stereocenters. The van der Waals surface area contributed by atoms with Crippen LogP contribution >= 0.6 is 11.3 Å². The second-order valence-corrected chi connectivity index (χ2v) is 8.94. The summed E-state index contributed by atoms with van der Waals surface area (Å²) in [6.07, 6.45) is -0.0400. The molecule has 3 heterocycles. The minimum absolute atomic E-state index is 0.00562. The van der Waals surface area contributed by atoms with Gasteiger partial charge in [-0.25, -0.2) is 4.39 Å². The molecule has 2 aromatic carbocycles. The maximum atomic E-state index is 13.6. The van der Waals surface area contributed by atoms with Crippen molar-refractivity contribution in [1.29, 1.82) is 0 Å². The number of ether oxygens (including phenoxy) is 5. The second-order valence-electron chi connectivity index (χ2n) is 7.95. The van der Waals surface area contributed by atoms with E-state index >= 15 is 0 Å². The van der Waals surface area contributed by atoms with Crippen LogP contribution in [0.5, 0.6) is 23.0 Å². The van der Waals surface area contributed by atoms with E-state index in [0.717, 1.165) is 11.3 Å². The molecule has 0 aliphatic carbocycles. The Morgan fingerprint density at radius 1 is 1.11 bits per heavy atom. The molecule has 0 saturated heterocycles. The fourth-order valence-electron chi connectivity index (χ4n) is 4.46. The number of thiazole rings is 1. The molecule has 1 aromatic heterocycles. The third-order valence-electron chi connectivity index (χ3n) is 6.04. The SMILES string of the molecule is COC(=O)Cn1c2c(sc1=O)[C@@H](c1cc3c(c(OC)c1OC)OCO3)CC(=O)N2c1ccc(F)cc1. The van der Waals surface area contributed by atoms with Crippen molar-refractivity contribution in [2.45, 2.75) is 18.9 Å². The summed E-state index contributed by atoms with van der Waals surface area (Å²) in [6, 6.07) is 7.01. The van der Waals surface area contributed by atoms with E-state index < -0.39 is 29.1 Å². The molecule has 1 amide bonds. The van der Waals surface area contributed by atoms with Crippen molar-refractivity contribution in [3.63, 3.8) is 0 Å². The molecule has 1 atom stereocenters. The van der Waals surface area contributed by atoms with Gasteiger partial charge in [-0.3, -0.25) is 23.9 Å². The molecule has 0 bridgehead atoms. The van der Waals surface area contributed by atoms with E-state index in [9.17, 15) is 18.8 Å². The molecule has 0 radical (unpaired) electrons. The molecule has 2 aliphatic rings. The standard InChI is InChI=1S/C24H21FN2O8S/c1-31-18(29)10-26-23-22(36-24(26)30)15(9-17(28)27(23)13-6-4-12(25)5-7-13)14-8-16-20(35-11-34-16)21(33-3)19(14)32-2/h4-8,15H,9-11H2,1-3H3/t15-/m1/s1. The monoisotopic (exact) mass is 516 g/mol. The quantitative estimate of drug-likeness (QED) is 0.460. The third-order valence-corrected chi connectivity index (χ3v) is 7.12. The van der Waals surface area contributed by atoms with E-state index in [2.05, 4.69) is 0 Å². The zero-order chi connectivity index (χ0) is 25.6. The van der Waals surface area contributed by atoms with Crippen LogP contribution in [0.4, 0.5) is 15.9 Å². The number of aromatic nitrogens is 1. The van der Waals surface area contributed by atoms with Crippen LogP contribution in [-0.4, -0.2) is 44.6 Å². The minimum Gasteiger partial charge on any atom is -0.492 e. The van der Waals surface area contributed by atoms with Gasteiger partial charge in [0.2, 0.25) is 24.2 Å². The maximum absolute atomic E-state index is 13.6. The highest BCUT2D eigenvalue weighted by Gasteiger charge is 2.41. The van der Waals surface area contributed by atoms with Gasteiger partial charge in [-0.2, -0.15) is 0 Å². The number of fused-ring (bicyclic) bond motifs is 2. The molecular formula is C24H21FN2O8S. The smallest absolute Gasteiger partial charge is 0.325 e. The summed E-state index contributed by atoms with van der Waals surface area (Å²) in [5, 5.41) is 0. The Balaban J connectivity index is 1.74. The van der Waals surface area contributed by atoms with Crippen molar-refractivity contribution in [1.82, 2.24) is 4.57 Å². The van der Waals surface area contributed by atoms with Crippen LogP contribution < -0.4 is 28.7 Å². The first-order valence-corrected chi connectivity index (χ1v) is 11.6. The van der Waals surface area contributed by atoms with Crippen LogP contribution in [0.25, 0.3) is 0 Å². The Kier molecular flexibility index (Phi) is 6.04. The third kappa shape index (κ3) is 3.73. The first-order valence-electron chi connectivity index (χ1n) is 10.8. The Labute approximate surface area is 208 Å². The summed E-state index contributed by atoms with van der Waals surface area (Å²) in [7, 11) is 4.13. The summed E-state index contributed by atoms with van der Waals surface area (Å²) in [5.41, 5.74) is 0.908. The first kappa shape index (κ1) is 23.7. The minimum atomic E-state index is -0.659. The number of amides is 1. The number of benzene rings is 2. The van der Waals surface area contributed by atoms with Crippen molar-refractivity contribution in [2.24, 2.45) is 0 Å². The van der Waals surface area contributed by atoms with Crippen molar-refractivity contribution in [3.8, 4) is 23.0 Å². The molecule has 12 heteroatoms. The first-order chi connectivity index (χ1) is 17.4. The fourth-order valence-corrected chi connectivity index (χ4v) is 5.55. The number of anilines is 2. The molecule has 0 fully saturated rings. The zero-order valence-corrected chi connectivity index (χ0v) is 20.3. The average Bonchev–Trinajstić information content (AvgIpc) is 3.47. The van der Waals surface area contributed by atoms with Gasteiger partial charge in [0, 0.05) is 17.9 Å². The Morgan fingerprint density at radius 2 is 1.83 bits per heavy atom. The topological polar surface area (TPSA) is 106 Å². The summed E-state index contributed by atoms with van der Waals surface area (Å²) < 4.78 is 41.9. The molecule has 0 spiro atoms. The highest BCUT2D eigenvalue weighted by atomic mass is 32.1. The normalized spacial score (nSPS) is 16.1. The molecule has 10 nitrogen and oxygen atoms in total. The predicted octanol–water partition coefficient (Wildman–Crippen LogP) is 3.17. The Bertz CT molecular complexity index is 1410. The number of halogens is 1. The predicted molar refractivity (Wildman–Crippen MR) is 126 cm³/mol. The van der Waals surface area contributed by atoms with Crippen LogP contribution in [-0.2, 0) is 20.9 Å². The van der Waals surface area contributed by atoms with Crippen LogP contribution in [0.3, 0.4) is 0 Å². The second kappa shape index (κ2) is 9.19. The van der Waals surface area contributed by atoms with Crippen molar-refractivity contribution >= 4 is 34.7 Å². The summed E-state index contributed by atoms with van der Waals surface area (Å²) in [6.45, 7) is -0.408. The lowest BCUT2D eigenvalue weighted by molar-refractivity contribution is -0.141. The van der Waals surface area contributed by atoms with Crippen molar-refractivity contribution in [3.05, 3.63) is 56.3 Å². The largest absolute Gasteiger partial charge is 0.492 e. The van der Waals surface area contributed by atoms with Crippen LogP contribution in [0.2, 0.25) is 0 Å². The number of esters is 1. The van der Waals surface area contributed by atoms with Gasteiger partial charge >= 0.3 is 10.8 Å². The molecule has 188 valence electrons. The lowest BCUT2D eigenvalue weighted by Crippen LogP contribution is -2.36. The van der Waals surface area contributed by atoms with Gasteiger partial charge in [-0.1, -0.05) is 11.3 Å². The van der Waals surface area contributed by atoms with Gasteiger partial charge in [-0.05, 0) is 30.3 Å².